The average Bonchev–Trinajstić information content (AvgIpc) is 3.08. The first kappa shape index (κ1) is 27.3. The lowest BCUT2D eigenvalue weighted by Gasteiger charge is -2.45. The number of hydrogen-bond acceptors (Lipinski definition) is 6. The number of carbonyl (C=O) groups excluding carboxylic acids is 4. The minimum absolute atomic E-state index is 0.00666. The van der Waals surface area contributed by atoms with Gasteiger partial charge in [-0.25, -0.2) is 4.79 Å². The van der Waals surface area contributed by atoms with E-state index in [0.717, 1.165) is 16.0 Å². The van der Waals surface area contributed by atoms with E-state index in [4.69, 9.17) is 10.5 Å². The molecule has 2 fully saturated rings. The highest BCUT2D eigenvalue weighted by atomic mass is 16.5. The molecular formula is C28H35N5O5. The Morgan fingerprint density at radius 1 is 1.03 bits per heavy atom. The van der Waals surface area contributed by atoms with Crippen LogP contribution in [0.1, 0.15) is 25.0 Å². The van der Waals surface area contributed by atoms with Crippen molar-refractivity contribution >= 4 is 23.8 Å². The Kier molecular flexibility index (Phi) is 7.84. The summed E-state index contributed by atoms with van der Waals surface area (Å²) < 4.78 is 5.83. The van der Waals surface area contributed by atoms with E-state index in [-0.39, 0.29) is 51.2 Å². The molecular weight excluding hydrogens is 486 g/mol. The molecule has 2 heterocycles. The number of imide groups is 1. The van der Waals surface area contributed by atoms with Crippen LogP contribution in [0, 0.1) is 0 Å². The van der Waals surface area contributed by atoms with Gasteiger partial charge in [0.05, 0.1) is 25.3 Å². The number of nitrogens with zero attached hydrogens (tertiary/aromatic N) is 3. The van der Waals surface area contributed by atoms with Crippen LogP contribution in [0.4, 0.5) is 4.79 Å². The normalized spacial score (nSPS) is 20.4. The van der Waals surface area contributed by atoms with Crippen LogP contribution in [0.25, 0.3) is 0 Å². The van der Waals surface area contributed by atoms with Crippen molar-refractivity contribution in [2.45, 2.75) is 44.0 Å². The number of ether oxygens (including phenoxy) is 1. The molecule has 202 valence electrons. The summed E-state index contributed by atoms with van der Waals surface area (Å²) in [4.78, 5) is 57.2. The fourth-order valence-corrected chi connectivity index (χ4v) is 4.91. The van der Waals surface area contributed by atoms with Gasteiger partial charge in [0.15, 0.2) is 0 Å². The van der Waals surface area contributed by atoms with E-state index in [1.807, 2.05) is 60.7 Å². The Morgan fingerprint density at radius 3 is 2.24 bits per heavy atom. The molecule has 2 aromatic rings. The number of rotatable bonds is 9. The Labute approximate surface area is 222 Å². The third-order valence-corrected chi connectivity index (χ3v) is 7.02. The second-order valence-electron chi connectivity index (χ2n) is 10.5. The quantitative estimate of drug-likeness (QED) is 0.477. The predicted octanol–water partition coefficient (Wildman–Crippen LogP) is 1.14. The Morgan fingerprint density at radius 2 is 1.63 bits per heavy atom. The fraction of sp³-hybridized carbons (Fsp3) is 0.429. The Balaban J connectivity index is 1.57. The molecule has 2 aromatic carbocycles. The molecule has 2 aliphatic heterocycles. The molecule has 0 radical (unpaired) electrons. The highest BCUT2D eigenvalue weighted by Crippen LogP contribution is 2.34. The molecule has 2 aliphatic rings. The number of nitrogens with one attached hydrogen (secondary N) is 1. The van der Waals surface area contributed by atoms with E-state index >= 15 is 0 Å². The van der Waals surface area contributed by atoms with E-state index in [1.54, 1.807) is 23.6 Å². The van der Waals surface area contributed by atoms with Gasteiger partial charge in [0.25, 0.3) is 5.91 Å². The number of hydrogen-bond donors (Lipinski definition) is 2. The number of urea groups is 1. The van der Waals surface area contributed by atoms with E-state index in [9.17, 15) is 19.2 Å². The van der Waals surface area contributed by atoms with Crippen LogP contribution in [0.5, 0.6) is 0 Å². The molecule has 0 saturated carbocycles. The van der Waals surface area contributed by atoms with Gasteiger partial charge in [-0.1, -0.05) is 60.7 Å². The zero-order valence-corrected chi connectivity index (χ0v) is 22.1. The predicted molar refractivity (Wildman–Crippen MR) is 141 cm³/mol. The first-order chi connectivity index (χ1) is 18.0. The third-order valence-electron chi connectivity index (χ3n) is 7.02. The molecule has 38 heavy (non-hydrogen) atoms. The standard InChI is InChI=1S/C28H35N5O5/c1-27(2,29)24(35)30-22(18-38-17-21-12-8-5-9-13-21)23(34)32-14-15-33-26(37)31(3)25(36)28(33,19-32)16-20-10-6-4-7-11-20/h4-13,22H,14-19,29H2,1-3H3,(H,30,35)/t22-,28+/m1/s1. The smallest absolute Gasteiger partial charge is 0.327 e. The van der Waals surface area contributed by atoms with E-state index < -0.39 is 28.9 Å². The molecule has 0 aliphatic carbocycles. The summed E-state index contributed by atoms with van der Waals surface area (Å²) in [5.41, 5.74) is 5.35. The van der Waals surface area contributed by atoms with Crippen LogP contribution < -0.4 is 11.1 Å². The molecule has 10 nitrogen and oxygen atoms in total. The summed E-state index contributed by atoms with van der Waals surface area (Å²) in [6.07, 6.45) is 0.268. The number of nitrogens with two attached hydrogens (primary N) is 1. The molecule has 10 heteroatoms. The lowest BCUT2D eigenvalue weighted by atomic mass is 9.86. The van der Waals surface area contributed by atoms with Crippen molar-refractivity contribution in [3.05, 3.63) is 71.8 Å². The second kappa shape index (κ2) is 10.9. The van der Waals surface area contributed by atoms with Gasteiger partial charge < -0.3 is 25.6 Å². The van der Waals surface area contributed by atoms with Crippen molar-refractivity contribution < 1.29 is 23.9 Å². The number of piperazine rings is 1. The van der Waals surface area contributed by atoms with Crippen molar-refractivity contribution in [2.24, 2.45) is 5.73 Å². The van der Waals surface area contributed by atoms with Gasteiger partial charge in [-0.05, 0) is 25.0 Å². The minimum Gasteiger partial charge on any atom is -0.374 e. The van der Waals surface area contributed by atoms with Gasteiger partial charge in [-0.3, -0.25) is 19.3 Å². The molecule has 2 atom stereocenters. The SMILES string of the molecule is CN1C(=O)N2CCN(C(=O)[C@@H](COCc3ccccc3)NC(=O)C(C)(C)N)C[C@@]2(Cc2ccccc2)C1=O. The van der Waals surface area contributed by atoms with E-state index in [2.05, 4.69) is 5.32 Å². The summed E-state index contributed by atoms with van der Waals surface area (Å²) >= 11 is 0. The number of carbonyl (C=O) groups is 4. The van der Waals surface area contributed by atoms with E-state index in [1.165, 1.54) is 7.05 Å². The summed E-state index contributed by atoms with van der Waals surface area (Å²) in [7, 11) is 1.46. The Bertz CT molecular complexity index is 1180. The van der Waals surface area contributed by atoms with E-state index in [0.29, 0.717) is 0 Å². The summed E-state index contributed by atoms with van der Waals surface area (Å²) in [5.74, 6) is -1.24. The van der Waals surface area contributed by atoms with Crippen molar-refractivity contribution in [2.75, 3.05) is 33.3 Å². The van der Waals surface area contributed by atoms with Gasteiger partial charge in [-0.2, -0.15) is 0 Å². The van der Waals surface area contributed by atoms with Crippen LogP contribution >= 0.6 is 0 Å². The molecule has 0 aromatic heterocycles. The minimum atomic E-state index is -1.23. The van der Waals surface area contributed by atoms with Gasteiger partial charge >= 0.3 is 6.03 Å². The number of fused-ring (bicyclic) bond motifs is 1. The zero-order chi connectivity index (χ0) is 27.5. The lowest BCUT2D eigenvalue weighted by Crippen LogP contribution is -2.67. The first-order valence-corrected chi connectivity index (χ1v) is 12.7. The molecule has 4 rings (SSSR count). The van der Waals surface area contributed by atoms with Crippen molar-refractivity contribution in [1.29, 1.82) is 0 Å². The molecule has 0 unspecified atom stereocenters. The van der Waals surface area contributed by atoms with Crippen LogP contribution in [0.2, 0.25) is 0 Å². The molecule has 0 spiro atoms. The first-order valence-electron chi connectivity index (χ1n) is 12.7. The molecule has 2 saturated heterocycles. The largest absolute Gasteiger partial charge is 0.374 e. The molecule has 3 N–H and O–H groups in total. The van der Waals surface area contributed by atoms with Crippen molar-refractivity contribution in [3.8, 4) is 0 Å². The highest BCUT2D eigenvalue weighted by Gasteiger charge is 2.59. The fourth-order valence-electron chi connectivity index (χ4n) is 4.91. The van der Waals surface area contributed by atoms with Gasteiger partial charge in [0.1, 0.15) is 11.6 Å². The summed E-state index contributed by atoms with van der Waals surface area (Å²) in [6, 6.07) is 17.5. The maximum Gasteiger partial charge on any atom is 0.327 e. The Hall–Kier alpha value is -3.76. The van der Waals surface area contributed by atoms with Crippen molar-refractivity contribution in [3.63, 3.8) is 0 Å². The van der Waals surface area contributed by atoms with Gasteiger partial charge in [-0.15, -0.1) is 0 Å². The van der Waals surface area contributed by atoms with Crippen LogP contribution in [0.15, 0.2) is 60.7 Å². The van der Waals surface area contributed by atoms with Gasteiger partial charge in [0, 0.05) is 26.6 Å². The summed E-state index contributed by atoms with van der Waals surface area (Å²) in [5, 5.41) is 2.73. The van der Waals surface area contributed by atoms with Crippen LogP contribution in [-0.4, -0.2) is 88.9 Å². The average molecular weight is 522 g/mol. The number of benzene rings is 2. The zero-order valence-electron chi connectivity index (χ0n) is 22.1. The topological polar surface area (TPSA) is 125 Å². The summed E-state index contributed by atoms with van der Waals surface area (Å²) in [6.45, 7) is 3.72. The van der Waals surface area contributed by atoms with Crippen LogP contribution in [0.3, 0.4) is 0 Å². The van der Waals surface area contributed by atoms with Crippen molar-refractivity contribution in [1.82, 2.24) is 20.0 Å². The second-order valence-corrected chi connectivity index (χ2v) is 10.5. The third kappa shape index (κ3) is 5.56. The maximum absolute atomic E-state index is 13.8. The number of amides is 5. The number of likely N-dealkylation sites (N-methyl/N-ethyl adjacent to an activating group) is 1. The lowest BCUT2D eigenvalue weighted by molar-refractivity contribution is -0.146. The van der Waals surface area contributed by atoms with Gasteiger partial charge in [0.2, 0.25) is 11.8 Å². The molecule has 5 amide bonds. The monoisotopic (exact) mass is 521 g/mol. The van der Waals surface area contributed by atoms with Crippen LogP contribution in [-0.2, 0) is 32.1 Å². The maximum atomic E-state index is 13.8. The highest BCUT2D eigenvalue weighted by molar-refractivity contribution is 6.07. The molecule has 0 bridgehead atoms.